The Bertz CT molecular complexity index is 903. The molecule has 3 aromatic rings. The number of ether oxygens (including phenoxy) is 1. The van der Waals surface area contributed by atoms with Gasteiger partial charge in [0.2, 0.25) is 5.95 Å². The monoisotopic (exact) mass is 360 g/mol. The van der Waals surface area contributed by atoms with Crippen LogP contribution < -0.4 is 15.4 Å². The molecule has 3 rings (SSSR count). The molecule has 5 nitrogen and oxygen atoms in total. The molecule has 0 radical (unpaired) electrons. The Labute approximate surface area is 147 Å². The average molecular weight is 360 g/mol. The van der Waals surface area contributed by atoms with Crippen LogP contribution >= 0.6 is 0 Å². The van der Waals surface area contributed by atoms with Crippen molar-refractivity contribution in [2.24, 2.45) is 0 Å². The molecule has 2 aromatic carbocycles. The second-order valence-corrected chi connectivity index (χ2v) is 5.32. The van der Waals surface area contributed by atoms with Gasteiger partial charge >= 0.3 is 0 Å². The van der Waals surface area contributed by atoms with E-state index >= 15 is 0 Å². The number of anilines is 3. The summed E-state index contributed by atoms with van der Waals surface area (Å²) in [5.41, 5.74) is 0.752. The van der Waals surface area contributed by atoms with Crippen molar-refractivity contribution in [2.45, 2.75) is 6.54 Å². The van der Waals surface area contributed by atoms with E-state index in [-0.39, 0.29) is 11.6 Å². The van der Waals surface area contributed by atoms with Gasteiger partial charge in [-0.05, 0) is 35.9 Å². The molecule has 0 saturated carbocycles. The lowest BCUT2D eigenvalue weighted by Crippen LogP contribution is -2.05. The van der Waals surface area contributed by atoms with Gasteiger partial charge in [-0.2, -0.15) is 4.98 Å². The highest BCUT2D eigenvalue weighted by Gasteiger charge is 2.14. The fourth-order valence-corrected chi connectivity index (χ4v) is 2.20. The lowest BCUT2D eigenvalue weighted by atomic mass is 10.2. The summed E-state index contributed by atoms with van der Waals surface area (Å²) in [6.07, 6.45) is 1.46. The standard InChI is InChI=1S/C18H15F3N4O/c1-26-12-4-2-11(3-5-12)10-23-15-8-9-22-18(25-15)24-14-7-6-13(19)16(20)17(14)21/h2-9H,10H2,1H3,(H2,22,23,24,25). The Morgan fingerprint density at radius 2 is 1.73 bits per heavy atom. The molecule has 0 saturated heterocycles. The van der Waals surface area contributed by atoms with Gasteiger partial charge in [-0.1, -0.05) is 12.1 Å². The van der Waals surface area contributed by atoms with Gasteiger partial charge in [0.1, 0.15) is 11.6 Å². The molecule has 2 N–H and O–H groups in total. The Balaban J connectivity index is 1.69. The van der Waals surface area contributed by atoms with E-state index in [1.807, 2.05) is 24.3 Å². The molecule has 0 fully saturated rings. The van der Waals surface area contributed by atoms with Crippen molar-refractivity contribution in [1.82, 2.24) is 9.97 Å². The van der Waals surface area contributed by atoms with Gasteiger partial charge in [0, 0.05) is 12.7 Å². The first kappa shape index (κ1) is 17.5. The first-order chi connectivity index (χ1) is 12.6. The van der Waals surface area contributed by atoms with Crippen LogP contribution in [0.25, 0.3) is 0 Å². The molecular formula is C18H15F3N4O. The summed E-state index contributed by atoms with van der Waals surface area (Å²) in [6.45, 7) is 0.500. The number of nitrogens with one attached hydrogen (secondary N) is 2. The fourth-order valence-electron chi connectivity index (χ4n) is 2.20. The average Bonchev–Trinajstić information content (AvgIpc) is 2.67. The van der Waals surface area contributed by atoms with Crippen LogP contribution in [0.4, 0.5) is 30.6 Å². The van der Waals surface area contributed by atoms with Gasteiger partial charge in [-0.25, -0.2) is 18.2 Å². The number of hydrogen-bond acceptors (Lipinski definition) is 5. The number of halogens is 3. The van der Waals surface area contributed by atoms with Crippen LogP contribution in [0.1, 0.15) is 5.56 Å². The van der Waals surface area contributed by atoms with Crippen LogP contribution in [0.5, 0.6) is 5.75 Å². The number of benzene rings is 2. The zero-order valence-electron chi connectivity index (χ0n) is 13.8. The Kier molecular flexibility index (Phi) is 5.21. The minimum absolute atomic E-state index is 0.0506. The third kappa shape index (κ3) is 4.02. The second-order valence-electron chi connectivity index (χ2n) is 5.32. The van der Waals surface area contributed by atoms with E-state index in [0.717, 1.165) is 23.4 Å². The number of rotatable bonds is 6. The van der Waals surface area contributed by atoms with Gasteiger partial charge in [-0.3, -0.25) is 0 Å². The normalized spacial score (nSPS) is 10.5. The van der Waals surface area contributed by atoms with Crippen LogP contribution in [-0.4, -0.2) is 17.1 Å². The SMILES string of the molecule is COc1ccc(CNc2ccnc(Nc3ccc(F)c(F)c3F)n2)cc1. The van der Waals surface area contributed by atoms with Crippen LogP contribution in [0.2, 0.25) is 0 Å². The zero-order chi connectivity index (χ0) is 18.5. The smallest absolute Gasteiger partial charge is 0.229 e. The topological polar surface area (TPSA) is 59.1 Å². The predicted molar refractivity (Wildman–Crippen MR) is 92.0 cm³/mol. The van der Waals surface area contributed by atoms with Crippen molar-refractivity contribution in [1.29, 1.82) is 0 Å². The number of aromatic nitrogens is 2. The number of methoxy groups -OCH3 is 1. The van der Waals surface area contributed by atoms with Crippen molar-refractivity contribution >= 4 is 17.5 Å². The Morgan fingerprint density at radius 1 is 0.962 bits per heavy atom. The maximum absolute atomic E-state index is 13.7. The fraction of sp³-hybridized carbons (Fsp3) is 0.111. The highest BCUT2D eigenvalue weighted by Crippen LogP contribution is 2.22. The molecule has 8 heteroatoms. The first-order valence-electron chi connectivity index (χ1n) is 7.67. The molecule has 0 amide bonds. The predicted octanol–water partition coefficient (Wildman–Crippen LogP) is 4.26. The molecule has 0 aliphatic rings. The van der Waals surface area contributed by atoms with Crippen molar-refractivity contribution in [3.05, 3.63) is 71.7 Å². The van der Waals surface area contributed by atoms with E-state index in [0.29, 0.717) is 12.4 Å². The molecule has 134 valence electrons. The van der Waals surface area contributed by atoms with E-state index in [2.05, 4.69) is 20.6 Å². The van der Waals surface area contributed by atoms with E-state index in [1.54, 1.807) is 13.2 Å². The molecule has 0 unspecified atom stereocenters. The summed E-state index contributed by atoms with van der Waals surface area (Å²) in [4.78, 5) is 8.11. The Hall–Kier alpha value is -3.29. The summed E-state index contributed by atoms with van der Waals surface area (Å²) >= 11 is 0. The molecule has 0 atom stereocenters. The zero-order valence-corrected chi connectivity index (χ0v) is 13.8. The minimum atomic E-state index is -1.55. The molecule has 26 heavy (non-hydrogen) atoms. The molecule has 0 spiro atoms. The van der Waals surface area contributed by atoms with Gasteiger partial charge < -0.3 is 15.4 Å². The third-order valence-electron chi connectivity index (χ3n) is 3.57. The number of nitrogens with zero attached hydrogens (tertiary/aromatic N) is 2. The molecule has 0 aliphatic heterocycles. The largest absolute Gasteiger partial charge is 0.497 e. The molecular weight excluding hydrogens is 345 g/mol. The minimum Gasteiger partial charge on any atom is -0.497 e. The van der Waals surface area contributed by atoms with E-state index in [9.17, 15) is 13.2 Å². The van der Waals surface area contributed by atoms with Crippen LogP contribution in [0.3, 0.4) is 0 Å². The van der Waals surface area contributed by atoms with Crippen molar-refractivity contribution in [3.8, 4) is 5.75 Å². The van der Waals surface area contributed by atoms with Crippen molar-refractivity contribution < 1.29 is 17.9 Å². The van der Waals surface area contributed by atoms with Crippen molar-refractivity contribution in [2.75, 3.05) is 17.7 Å². The maximum atomic E-state index is 13.7. The lowest BCUT2D eigenvalue weighted by Gasteiger charge is -2.10. The molecule has 0 bridgehead atoms. The molecule has 1 heterocycles. The summed E-state index contributed by atoms with van der Waals surface area (Å²) in [6, 6.07) is 11.0. The summed E-state index contributed by atoms with van der Waals surface area (Å²) in [5.74, 6) is -2.84. The van der Waals surface area contributed by atoms with Gasteiger partial charge in [0.25, 0.3) is 0 Å². The van der Waals surface area contributed by atoms with E-state index in [1.165, 1.54) is 6.20 Å². The van der Waals surface area contributed by atoms with Gasteiger partial charge in [0.05, 0.1) is 12.8 Å². The third-order valence-corrected chi connectivity index (χ3v) is 3.57. The highest BCUT2D eigenvalue weighted by molar-refractivity contribution is 5.55. The lowest BCUT2D eigenvalue weighted by molar-refractivity contribution is 0.414. The molecule has 1 aromatic heterocycles. The Morgan fingerprint density at radius 3 is 2.46 bits per heavy atom. The second kappa shape index (κ2) is 7.73. The van der Waals surface area contributed by atoms with Crippen LogP contribution in [0, 0.1) is 17.5 Å². The first-order valence-corrected chi connectivity index (χ1v) is 7.67. The molecule has 0 aliphatic carbocycles. The summed E-state index contributed by atoms with van der Waals surface area (Å²) < 4.78 is 45.1. The van der Waals surface area contributed by atoms with Gasteiger partial charge in [0.15, 0.2) is 17.5 Å². The quantitative estimate of drug-likeness (QED) is 0.644. The van der Waals surface area contributed by atoms with E-state index in [4.69, 9.17) is 4.74 Å². The van der Waals surface area contributed by atoms with Crippen molar-refractivity contribution in [3.63, 3.8) is 0 Å². The van der Waals surface area contributed by atoms with Crippen LogP contribution in [0.15, 0.2) is 48.7 Å². The summed E-state index contributed by atoms with van der Waals surface area (Å²) in [5, 5.41) is 5.63. The highest BCUT2D eigenvalue weighted by atomic mass is 19.2. The maximum Gasteiger partial charge on any atom is 0.229 e. The van der Waals surface area contributed by atoms with E-state index < -0.39 is 17.5 Å². The number of hydrogen-bond donors (Lipinski definition) is 2. The summed E-state index contributed by atoms with van der Waals surface area (Å²) in [7, 11) is 1.60. The van der Waals surface area contributed by atoms with Gasteiger partial charge in [-0.15, -0.1) is 0 Å². The van der Waals surface area contributed by atoms with Crippen LogP contribution in [-0.2, 0) is 6.54 Å².